The monoisotopic (exact) mass is 238 g/mol. The first-order chi connectivity index (χ1) is 8.12. The van der Waals surface area contributed by atoms with E-state index in [4.69, 9.17) is 9.47 Å². The van der Waals surface area contributed by atoms with Gasteiger partial charge in [0.05, 0.1) is 12.1 Å². The van der Waals surface area contributed by atoms with Crippen LogP contribution in [0, 0.1) is 5.41 Å². The van der Waals surface area contributed by atoms with E-state index in [9.17, 15) is 0 Å². The lowest BCUT2D eigenvalue weighted by Crippen LogP contribution is -2.39. The van der Waals surface area contributed by atoms with Crippen LogP contribution in [-0.2, 0) is 9.47 Å². The predicted octanol–water partition coefficient (Wildman–Crippen LogP) is 2.43. The molecule has 2 aliphatic heterocycles. The highest BCUT2D eigenvalue weighted by Crippen LogP contribution is 2.36. The quantitative estimate of drug-likeness (QED) is 0.755. The van der Waals surface area contributed by atoms with Gasteiger partial charge in [0.1, 0.15) is 18.6 Å². The number of rotatable bonds is 4. The molecule has 0 saturated heterocycles. The fourth-order valence-electron chi connectivity index (χ4n) is 2.42. The molecule has 2 aliphatic rings. The summed E-state index contributed by atoms with van der Waals surface area (Å²) in [6, 6.07) is 0.504. The van der Waals surface area contributed by atoms with Crippen LogP contribution < -0.4 is 0 Å². The number of hydrogen-bond donors (Lipinski definition) is 0. The molecule has 0 radical (unpaired) electrons. The van der Waals surface area contributed by atoms with E-state index in [1.165, 1.54) is 0 Å². The summed E-state index contributed by atoms with van der Waals surface area (Å²) in [6.07, 6.45) is 1.83. The Morgan fingerprint density at radius 2 is 1.41 bits per heavy atom. The third-order valence-electron chi connectivity index (χ3n) is 3.62. The molecular formula is C13H22N2O2. The maximum atomic E-state index is 5.75. The minimum Gasteiger partial charge on any atom is -0.478 e. The van der Waals surface area contributed by atoms with Gasteiger partial charge in [-0.3, -0.25) is 0 Å². The summed E-state index contributed by atoms with van der Waals surface area (Å²) in [4.78, 5) is 9.21. The van der Waals surface area contributed by atoms with Crippen LogP contribution in [0.5, 0.6) is 0 Å². The van der Waals surface area contributed by atoms with Gasteiger partial charge in [-0.15, -0.1) is 0 Å². The second-order valence-electron chi connectivity index (χ2n) is 4.98. The van der Waals surface area contributed by atoms with Crippen molar-refractivity contribution in [3.05, 3.63) is 0 Å². The summed E-state index contributed by atoms with van der Waals surface area (Å²) in [5.41, 5.74) is -0.241. The van der Waals surface area contributed by atoms with Gasteiger partial charge in [-0.1, -0.05) is 13.8 Å². The molecule has 0 aromatic rings. The van der Waals surface area contributed by atoms with Gasteiger partial charge in [0.25, 0.3) is 0 Å². The Balaban J connectivity index is 2.32. The summed E-state index contributed by atoms with van der Waals surface area (Å²) in [7, 11) is 0. The summed E-state index contributed by atoms with van der Waals surface area (Å²) < 4.78 is 11.5. The Hall–Kier alpha value is -1.06. The third-order valence-corrected chi connectivity index (χ3v) is 3.62. The van der Waals surface area contributed by atoms with Gasteiger partial charge in [0.15, 0.2) is 11.8 Å². The lowest BCUT2D eigenvalue weighted by atomic mass is 9.81. The van der Waals surface area contributed by atoms with Crippen LogP contribution in [0.1, 0.15) is 40.5 Å². The molecule has 96 valence electrons. The molecule has 2 rings (SSSR count). The molecule has 2 heterocycles. The standard InChI is InChI=1S/C13H22N2O2/c1-5-13(6-2,11-14-9(3)7-16-11)12-15-10(4)8-17-12/h9-10H,5-8H2,1-4H3/t9-,10-/m1/s1. The lowest BCUT2D eigenvalue weighted by Gasteiger charge is -2.29. The van der Waals surface area contributed by atoms with E-state index >= 15 is 0 Å². The van der Waals surface area contributed by atoms with Crippen LogP contribution in [0.15, 0.2) is 9.98 Å². The highest BCUT2D eigenvalue weighted by Gasteiger charge is 2.45. The average Bonchev–Trinajstić information content (AvgIpc) is 2.92. The first kappa shape index (κ1) is 12.4. The second-order valence-corrected chi connectivity index (χ2v) is 4.98. The number of ether oxygens (including phenoxy) is 2. The van der Waals surface area contributed by atoms with E-state index in [0.29, 0.717) is 13.2 Å². The summed E-state index contributed by atoms with van der Waals surface area (Å²) in [5.74, 6) is 1.64. The third kappa shape index (κ3) is 2.05. The minimum absolute atomic E-state index is 0.241. The van der Waals surface area contributed by atoms with Crippen molar-refractivity contribution in [1.29, 1.82) is 0 Å². The zero-order chi connectivity index (χ0) is 12.5. The van der Waals surface area contributed by atoms with E-state index < -0.39 is 0 Å². The molecule has 0 N–H and O–H groups in total. The maximum absolute atomic E-state index is 5.75. The van der Waals surface area contributed by atoms with Gasteiger partial charge >= 0.3 is 0 Å². The second kappa shape index (κ2) is 4.67. The number of hydrogen-bond acceptors (Lipinski definition) is 4. The Morgan fingerprint density at radius 3 is 1.65 bits per heavy atom. The SMILES string of the molecule is CCC(CC)(C1=N[C@H](C)CO1)C1=N[C@H](C)CO1. The zero-order valence-corrected chi connectivity index (χ0v) is 11.2. The van der Waals surface area contributed by atoms with Crippen molar-refractivity contribution in [2.75, 3.05) is 13.2 Å². The van der Waals surface area contributed by atoms with Crippen LogP contribution in [0.2, 0.25) is 0 Å². The molecule has 4 nitrogen and oxygen atoms in total. The van der Waals surface area contributed by atoms with E-state index in [2.05, 4.69) is 37.7 Å². The van der Waals surface area contributed by atoms with Gasteiger partial charge in [-0.2, -0.15) is 0 Å². The molecule has 0 saturated carbocycles. The molecule has 0 aromatic carbocycles. The van der Waals surface area contributed by atoms with Crippen molar-refractivity contribution in [3.63, 3.8) is 0 Å². The number of nitrogens with zero attached hydrogens (tertiary/aromatic N) is 2. The van der Waals surface area contributed by atoms with Crippen LogP contribution in [0.3, 0.4) is 0 Å². The Kier molecular flexibility index (Phi) is 3.40. The van der Waals surface area contributed by atoms with E-state index in [1.54, 1.807) is 0 Å². The van der Waals surface area contributed by atoms with Gasteiger partial charge in [-0.25, -0.2) is 9.98 Å². The molecule has 0 bridgehead atoms. The molecule has 4 heteroatoms. The molecule has 0 spiro atoms. The van der Waals surface area contributed by atoms with Crippen LogP contribution in [0.25, 0.3) is 0 Å². The van der Waals surface area contributed by atoms with E-state index in [0.717, 1.165) is 24.6 Å². The minimum atomic E-state index is -0.241. The number of aliphatic imine (C=N–C) groups is 2. The highest BCUT2D eigenvalue weighted by molar-refractivity contribution is 6.06. The van der Waals surface area contributed by atoms with E-state index in [-0.39, 0.29) is 17.5 Å². The largest absolute Gasteiger partial charge is 0.478 e. The molecule has 0 aliphatic carbocycles. The zero-order valence-electron chi connectivity index (χ0n) is 11.2. The molecular weight excluding hydrogens is 216 g/mol. The van der Waals surface area contributed by atoms with Gasteiger partial charge in [0, 0.05) is 0 Å². The van der Waals surface area contributed by atoms with Crippen LogP contribution in [0.4, 0.5) is 0 Å². The Labute approximate surface area is 103 Å². The Bertz CT molecular complexity index is 315. The average molecular weight is 238 g/mol. The fourth-order valence-corrected chi connectivity index (χ4v) is 2.42. The summed E-state index contributed by atoms with van der Waals surface area (Å²) in [5, 5.41) is 0. The molecule has 17 heavy (non-hydrogen) atoms. The smallest absolute Gasteiger partial charge is 0.199 e. The van der Waals surface area contributed by atoms with Crippen molar-refractivity contribution in [2.45, 2.75) is 52.6 Å². The molecule has 0 amide bonds. The Morgan fingerprint density at radius 1 is 1.00 bits per heavy atom. The van der Waals surface area contributed by atoms with Crippen LogP contribution in [-0.4, -0.2) is 37.1 Å². The van der Waals surface area contributed by atoms with Gasteiger partial charge in [0.2, 0.25) is 0 Å². The fraction of sp³-hybridized carbons (Fsp3) is 0.846. The first-order valence-electron chi connectivity index (χ1n) is 6.54. The molecule has 2 atom stereocenters. The molecule has 0 unspecified atom stereocenters. The summed E-state index contributed by atoms with van der Waals surface area (Å²) >= 11 is 0. The predicted molar refractivity (Wildman–Crippen MR) is 68.7 cm³/mol. The van der Waals surface area contributed by atoms with Gasteiger partial charge < -0.3 is 9.47 Å². The van der Waals surface area contributed by atoms with Gasteiger partial charge in [-0.05, 0) is 26.7 Å². The van der Waals surface area contributed by atoms with Crippen molar-refractivity contribution in [3.8, 4) is 0 Å². The van der Waals surface area contributed by atoms with E-state index in [1.807, 2.05) is 0 Å². The van der Waals surface area contributed by atoms with Crippen molar-refractivity contribution in [1.82, 2.24) is 0 Å². The van der Waals surface area contributed by atoms with Crippen molar-refractivity contribution in [2.24, 2.45) is 15.4 Å². The summed E-state index contributed by atoms with van der Waals surface area (Å²) in [6.45, 7) is 9.80. The molecule has 0 fully saturated rings. The maximum Gasteiger partial charge on any atom is 0.199 e. The molecule has 0 aromatic heterocycles. The lowest BCUT2D eigenvalue weighted by molar-refractivity contribution is 0.247. The van der Waals surface area contributed by atoms with Crippen LogP contribution >= 0.6 is 0 Å². The van der Waals surface area contributed by atoms with Crippen molar-refractivity contribution >= 4 is 11.8 Å². The topological polar surface area (TPSA) is 43.2 Å². The first-order valence-corrected chi connectivity index (χ1v) is 6.54. The van der Waals surface area contributed by atoms with Crippen molar-refractivity contribution < 1.29 is 9.47 Å². The normalized spacial score (nSPS) is 28.5. The highest BCUT2D eigenvalue weighted by atomic mass is 16.5.